The number of fused-ring (bicyclic) bond motifs is 1. The number of hydrogen-bond donors (Lipinski definition) is 1. The van der Waals surface area contributed by atoms with Crippen molar-refractivity contribution in [1.82, 2.24) is 15.2 Å². The van der Waals surface area contributed by atoms with Crippen LogP contribution in [0.15, 0.2) is 18.2 Å². The Balaban J connectivity index is 1.49. The molecule has 0 aliphatic carbocycles. The van der Waals surface area contributed by atoms with E-state index in [4.69, 9.17) is 0 Å². The molecule has 0 saturated carbocycles. The molecule has 3 aromatic rings. The lowest BCUT2D eigenvalue weighted by molar-refractivity contribution is -0.120. The summed E-state index contributed by atoms with van der Waals surface area (Å²) in [5.41, 5.74) is 0.401. The molecule has 2 aromatic heterocycles. The summed E-state index contributed by atoms with van der Waals surface area (Å²) in [7, 11) is 0. The second kappa shape index (κ2) is 6.64. The number of rotatable bonds is 3. The van der Waals surface area contributed by atoms with Gasteiger partial charge in [-0.15, -0.1) is 10.2 Å². The van der Waals surface area contributed by atoms with Crippen LogP contribution in [0.3, 0.4) is 0 Å². The monoisotopic (exact) mass is 377 g/mol. The molecule has 1 saturated heterocycles. The zero-order valence-corrected chi connectivity index (χ0v) is 15.2. The summed E-state index contributed by atoms with van der Waals surface area (Å²) in [6.45, 7) is 3.25. The van der Waals surface area contributed by atoms with Crippen molar-refractivity contribution in [2.75, 3.05) is 23.3 Å². The Morgan fingerprint density at radius 3 is 3.00 bits per heavy atom. The number of thiazole rings is 1. The second-order valence-corrected chi connectivity index (χ2v) is 8.17. The van der Waals surface area contributed by atoms with E-state index >= 15 is 0 Å². The lowest BCUT2D eigenvalue weighted by Crippen LogP contribution is -2.40. The SMILES string of the molecule is Cc1nnc(NC(=O)C2CCCN(c3nc4c(F)cccc4s3)C2)s1. The first-order valence-corrected chi connectivity index (χ1v) is 9.64. The van der Waals surface area contributed by atoms with Crippen LogP contribution < -0.4 is 10.2 Å². The molecule has 1 aliphatic rings. The fourth-order valence-corrected chi connectivity index (χ4v) is 4.57. The molecule has 3 heterocycles. The topological polar surface area (TPSA) is 71.0 Å². The van der Waals surface area contributed by atoms with E-state index in [0.29, 0.717) is 17.2 Å². The molecule has 1 N–H and O–H groups in total. The second-order valence-electron chi connectivity index (χ2n) is 5.98. The first kappa shape index (κ1) is 16.3. The van der Waals surface area contributed by atoms with Crippen LogP contribution in [-0.2, 0) is 4.79 Å². The van der Waals surface area contributed by atoms with Crippen LogP contribution in [0, 0.1) is 18.7 Å². The van der Waals surface area contributed by atoms with Crippen LogP contribution in [0.1, 0.15) is 17.8 Å². The van der Waals surface area contributed by atoms with Gasteiger partial charge in [-0.25, -0.2) is 9.37 Å². The number of para-hydroxylation sites is 1. The molecule has 4 rings (SSSR count). The number of carbonyl (C=O) groups excluding carboxylic acids is 1. The Morgan fingerprint density at radius 2 is 2.24 bits per heavy atom. The number of nitrogens with zero attached hydrogens (tertiary/aromatic N) is 4. The predicted molar refractivity (Wildman–Crippen MR) is 97.8 cm³/mol. The van der Waals surface area contributed by atoms with Gasteiger partial charge < -0.3 is 10.2 Å². The Morgan fingerprint density at radius 1 is 1.36 bits per heavy atom. The molecule has 1 aromatic carbocycles. The highest BCUT2D eigenvalue weighted by Gasteiger charge is 2.28. The number of anilines is 2. The lowest BCUT2D eigenvalue weighted by Gasteiger charge is -2.31. The minimum absolute atomic E-state index is 0.0480. The van der Waals surface area contributed by atoms with E-state index in [1.54, 1.807) is 6.07 Å². The smallest absolute Gasteiger partial charge is 0.231 e. The van der Waals surface area contributed by atoms with Gasteiger partial charge in [-0.2, -0.15) is 0 Å². The summed E-state index contributed by atoms with van der Waals surface area (Å²) in [5, 5.41) is 12.8. The minimum atomic E-state index is -0.307. The molecule has 9 heteroatoms. The van der Waals surface area contributed by atoms with Crippen LogP contribution in [0.25, 0.3) is 10.2 Å². The molecule has 1 unspecified atom stereocenters. The van der Waals surface area contributed by atoms with E-state index in [-0.39, 0.29) is 17.6 Å². The molecule has 1 aliphatic heterocycles. The molecule has 130 valence electrons. The molecule has 0 radical (unpaired) electrons. The molecular weight excluding hydrogens is 361 g/mol. The van der Waals surface area contributed by atoms with Gasteiger partial charge in [0.25, 0.3) is 0 Å². The average Bonchev–Trinajstić information content (AvgIpc) is 3.22. The fraction of sp³-hybridized carbons (Fsp3) is 0.375. The summed E-state index contributed by atoms with van der Waals surface area (Å²) < 4.78 is 14.7. The van der Waals surface area contributed by atoms with Crippen LogP contribution in [0.5, 0.6) is 0 Å². The molecule has 1 atom stereocenters. The van der Waals surface area contributed by atoms with Crippen LogP contribution in [0.2, 0.25) is 0 Å². The fourth-order valence-electron chi connectivity index (χ4n) is 2.96. The standard InChI is InChI=1S/C16H16FN5OS2/c1-9-20-21-15(24-9)19-14(23)10-4-3-7-22(8-10)16-18-13-11(17)5-2-6-12(13)25-16/h2,5-6,10H,3-4,7-8H2,1H3,(H,19,21,23). The van der Waals surface area contributed by atoms with Crippen molar-refractivity contribution < 1.29 is 9.18 Å². The first-order chi connectivity index (χ1) is 12.1. The normalized spacial score (nSPS) is 17.8. The highest BCUT2D eigenvalue weighted by molar-refractivity contribution is 7.22. The number of halogens is 1. The van der Waals surface area contributed by atoms with Gasteiger partial charge in [0.15, 0.2) is 5.13 Å². The molecule has 1 amide bonds. The maximum absolute atomic E-state index is 13.9. The third-order valence-electron chi connectivity index (χ3n) is 4.18. The van der Waals surface area contributed by atoms with Gasteiger partial charge in [0, 0.05) is 13.1 Å². The quantitative estimate of drug-likeness (QED) is 0.757. The predicted octanol–water partition coefficient (Wildman–Crippen LogP) is 3.45. The van der Waals surface area contributed by atoms with E-state index in [1.165, 1.54) is 28.7 Å². The highest BCUT2D eigenvalue weighted by atomic mass is 32.1. The van der Waals surface area contributed by atoms with Crippen molar-refractivity contribution in [3.05, 3.63) is 29.0 Å². The number of benzene rings is 1. The number of amides is 1. The Bertz CT molecular complexity index is 924. The summed E-state index contributed by atoms with van der Waals surface area (Å²) in [4.78, 5) is 19.0. The van der Waals surface area contributed by atoms with Gasteiger partial charge in [-0.1, -0.05) is 28.7 Å². The van der Waals surface area contributed by atoms with E-state index in [0.717, 1.165) is 34.2 Å². The van der Waals surface area contributed by atoms with Gasteiger partial charge in [0.2, 0.25) is 11.0 Å². The van der Waals surface area contributed by atoms with Crippen molar-refractivity contribution in [3.63, 3.8) is 0 Å². The van der Waals surface area contributed by atoms with Crippen molar-refractivity contribution in [3.8, 4) is 0 Å². The van der Waals surface area contributed by atoms with Gasteiger partial charge in [0.05, 0.1) is 10.6 Å². The van der Waals surface area contributed by atoms with Gasteiger partial charge in [-0.05, 0) is 31.9 Å². The van der Waals surface area contributed by atoms with Crippen molar-refractivity contribution in [2.45, 2.75) is 19.8 Å². The van der Waals surface area contributed by atoms with E-state index in [2.05, 4.69) is 25.4 Å². The van der Waals surface area contributed by atoms with Crippen molar-refractivity contribution >= 4 is 49.1 Å². The first-order valence-electron chi connectivity index (χ1n) is 8.01. The number of aromatic nitrogens is 3. The van der Waals surface area contributed by atoms with Crippen LogP contribution >= 0.6 is 22.7 Å². The Kier molecular flexibility index (Phi) is 4.34. The third kappa shape index (κ3) is 3.34. The molecule has 0 bridgehead atoms. The zero-order chi connectivity index (χ0) is 17.4. The van der Waals surface area contributed by atoms with Crippen molar-refractivity contribution in [1.29, 1.82) is 0 Å². The number of hydrogen-bond acceptors (Lipinski definition) is 7. The Hall–Kier alpha value is -2.13. The number of nitrogens with one attached hydrogen (secondary N) is 1. The number of piperidine rings is 1. The van der Waals surface area contributed by atoms with E-state index in [1.807, 2.05) is 13.0 Å². The largest absolute Gasteiger partial charge is 0.347 e. The van der Waals surface area contributed by atoms with Crippen LogP contribution in [-0.4, -0.2) is 34.2 Å². The summed E-state index contributed by atoms with van der Waals surface area (Å²) >= 11 is 2.82. The molecular formula is C16H16FN5OS2. The maximum Gasteiger partial charge on any atom is 0.231 e. The lowest BCUT2D eigenvalue weighted by atomic mass is 9.98. The summed E-state index contributed by atoms with van der Waals surface area (Å²) in [5.74, 6) is -0.499. The maximum atomic E-state index is 13.9. The van der Waals surface area contributed by atoms with Crippen molar-refractivity contribution in [2.24, 2.45) is 5.92 Å². The zero-order valence-electron chi connectivity index (χ0n) is 13.5. The number of aryl methyl sites for hydroxylation is 1. The average molecular weight is 377 g/mol. The molecule has 1 fully saturated rings. The minimum Gasteiger partial charge on any atom is -0.347 e. The van der Waals surface area contributed by atoms with Gasteiger partial charge in [-0.3, -0.25) is 4.79 Å². The molecule has 6 nitrogen and oxygen atoms in total. The van der Waals surface area contributed by atoms with Gasteiger partial charge in [0.1, 0.15) is 16.3 Å². The Labute approximate surface area is 151 Å². The third-order valence-corrected chi connectivity index (χ3v) is 6.01. The molecule has 25 heavy (non-hydrogen) atoms. The number of carbonyl (C=O) groups is 1. The highest BCUT2D eigenvalue weighted by Crippen LogP contribution is 2.33. The van der Waals surface area contributed by atoms with E-state index < -0.39 is 0 Å². The summed E-state index contributed by atoms with van der Waals surface area (Å²) in [6.07, 6.45) is 1.71. The summed E-state index contributed by atoms with van der Waals surface area (Å²) in [6, 6.07) is 4.98. The van der Waals surface area contributed by atoms with Gasteiger partial charge >= 0.3 is 0 Å². The van der Waals surface area contributed by atoms with Crippen LogP contribution in [0.4, 0.5) is 14.7 Å². The molecule has 0 spiro atoms. The van der Waals surface area contributed by atoms with E-state index in [9.17, 15) is 9.18 Å².